The molecule has 180 valence electrons. The monoisotopic (exact) mass is 472 g/mol. The van der Waals surface area contributed by atoms with Crippen molar-refractivity contribution in [3.8, 4) is 17.2 Å². The summed E-state index contributed by atoms with van der Waals surface area (Å²) in [6, 6.07) is 15.7. The van der Waals surface area contributed by atoms with E-state index in [-0.39, 0.29) is 24.2 Å². The highest BCUT2D eigenvalue weighted by Gasteiger charge is 2.63. The molecule has 3 N–H and O–H groups in total. The Hall–Kier alpha value is -3.66. The lowest BCUT2D eigenvalue weighted by molar-refractivity contribution is -0.179. The van der Waals surface area contributed by atoms with Gasteiger partial charge < -0.3 is 15.5 Å². The van der Waals surface area contributed by atoms with E-state index in [1.165, 1.54) is 0 Å². The van der Waals surface area contributed by atoms with E-state index < -0.39 is 28.8 Å². The van der Waals surface area contributed by atoms with Crippen LogP contribution >= 0.6 is 0 Å². The number of hydrogen-bond donors (Lipinski definition) is 3. The van der Waals surface area contributed by atoms with Gasteiger partial charge in [-0.3, -0.25) is 9.59 Å². The Morgan fingerprint density at radius 1 is 0.971 bits per heavy atom. The van der Waals surface area contributed by atoms with Crippen LogP contribution in [0.2, 0.25) is 0 Å². The van der Waals surface area contributed by atoms with Gasteiger partial charge in [0.05, 0.1) is 22.5 Å². The first kappa shape index (κ1) is 23.1. The van der Waals surface area contributed by atoms with Crippen LogP contribution in [0.25, 0.3) is 11.1 Å². The molecule has 7 nitrogen and oxygen atoms in total. The standard InChI is InChI=1S/C28H28N2O5/c29-15-21-3-1-2-4-22(21)20-7-5-17(6-8-20)10-23(24(31)32)30-25(33)27-11-18-9-19(12-27)14-28(13-18,16-27)26(34)35/h1-8,18-19,23H,9-14,16H2,(H,30,33)(H,31,32)(H,34,35)/t18?,19?,23-,27?,28?/m0/s1. The lowest BCUT2D eigenvalue weighted by Gasteiger charge is -2.59. The first-order valence-electron chi connectivity index (χ1n) is 12.1. The molecule has 0 aliphatic heterocycles. The van der Waals surface area contributed by atoms with E-state index in [4.69, 9.17) is 0 Å². The van der Waals surface area contributed by atoms with Gasteiger partial charge in [-0.15, -0.1) is 0 Å². The van der Waals surface area contributed by atoms with Crippen LogP contribution in [0.4, 0.5) is 0 Å². The summed E-state index contributed by atoms with van der Waals surface area (Å²) in [6.45, 7) is 0. The summed E-state index contributed by atoms with van der Waals surface area (Å²) < 4.78 is 0. The summed E-state index contributed by atoms with van der Waals surface area (Å²) in [6.07, 6.45) is 3.91. The molecule has 1 amide bonds. The topological polar surface area (TPSA) is 127 Å². The molecule has 0 aromatic heterocycles. The van der Waals surface area contributed by atoms with Crippen LogP contribution in [0.3, 0.4) is 0 Å². The molecule has 3 atom stereocenters. The quantitative estimate of drug-likeness (QED) is 0.559. The number of nitrogens with zero attached hydrogens (tertiary/aromatic N) is 1. The second-order valence-electron chi connectivity index (χ2n) is 10.7. The van der Waals surface area contributed by atoms with Crippen LogP contribution in [-0.2, 0) is 20.8 Å². The van der Waals surface area contributed by atoms with E-state index >= 15 is 0 Å². The van der Waals surface area contributed by atoms with Crippen molar-refractivity contribution in [1.29, 1.82) is 5.26 Å². The molecule has 35 heavy (non-hydrogen) atoms. The Morgan fingerprint density at radius 2 is 1.60 bits per heavy atom. The Morgan fingerprint density at radius 3 is 2.20 bits per heavy atom. The van der Waals surface area contributed by atoms with Gasteiger partial charge in [-0.2, -0.15) is 5.26 Å². The van der Waals surface area contributed by atoms with E-state index in [1.54, 1.807) is 12.1 Å². The van der Waals surface area contributed by atoms with Crippen molar-refractivity contribution in [2.45, 2.75) is 51.0 Å². The van der Waals surface area contributed by atoms with E-state index in [1.807, 2.05) is 36.4 Å². The molecular weight excluding hydrogens is 444 g/mol. The van der Waals surface area contributed by atoms with Gasteiger partial charge in [0.2, 0.25) is 5.91 Å². The fourth-order valence-corrected chi connectivity index (χ4v) is 7.18. The molecule has 4 bridgehead atoms. The Kier molecular flexibility index (Phi) is 5.63. The molecule has 4 aliphatic carbocycles. The van der Waals surface area contributed by atoms with Crippen molar-refractivity contribution in [2.75, 3.05) is 0 Å². The van der Waals surface area contributed by atoms with Gasteiger partial charge in [-0.05, 0) is 73.1 Å². The van der Waals surface area contributed by atoms with Crippen LogP contribution in [0.5, 0.6) is 0 Å². The number of carbonyl (C=O) groups excluding carboxylic acids is 1. The molecule has 2 unspecified atom stereocenters. The SMILES string of the molecule is N#Cc1ccccc1-c1ccc(C[C@H](NC(=O)C23CC4CC(CC(C(=O)O)(C4)C2)C3)C(=O)O)cc1. The maximum Gasteiger partial charge on any atom is 0.326 e. The molecule has 2 aromatic carbocycles. The lowest BCUT2D eigenvalue weighted by atomic mass is 9.44. The van der Waals surface area contributed by atoms with Crippen molar-refractivity contribution in [3.05, 3.63) is 59.7 Å². The predicted molar refractivity (Wildman–Crippen MR) is 127 cm³/mol. The third-order valence-electron chi connectivity index (χ3n) is 8.35. The summed E-state index contributed by atoms with van der Waals surface area (Å²) in [5.74, 6) is -1.83. The first-order valence-corrected chi connectivity index (χ1v) is 12.1. The van der Waals surface area contributed by atoms with Crippen molar-refractivity contribution in [3.63, 3.8) is 0 Å². The number of amides is 1. The van der Waals surface area contributed by atoms with E-state index in [0.29, 0.717) is 37.7 Å². The van der Waals surface area contributed by atoms with Gasteiger partial charge in [-0.1, -0.05) is 42.5 Å². The van der Waals surface area contributed by atoms with Gasteiger partial charge in [0, 0.05) is 6.42 Å². The third kappa shape index (κ3) is 4.07. The van der Waals surface area contributed by atoms with Crippen molar-refractivity contribution in [2.24, 2.45) is 22.7 Å². The van der Waals surface area contributed by atoms with Crippen LogP contribution in [-0.4, -0.2) is 34.1 Å². The molecule has 4 aliphatic rings. The second-order valence-corrected chi connectivity index (χ2v) is 10.7. The number of carbonyl (C=O) groups is 3. The number of aliphatic carboxylic acids is 2. The van der Waals surface area contributed by atoms with E-state index in [9.17, 15) is 29.9 Å². The van der Waals surface area contributed by atoms with Crippen molar-refractivity contribution < 1.29 is 24.6 Å². The van der Waals surface area contributed by atoms with Crippen LogP contribution < -0.4 is 5.32 Å². The average molecular weight is 473 g/mol. The summed E-state index contributed by atoms with van der Waals surface area (Å²) >= 11 is 0. The molecule has 4 fully saturated rings. The smallest absolute Gasteiger partial charge is 0.326 e. The van der Waals surface area contributed by atoms with E-state index in [0.717, 1.165) is 23.1 Å². The van der Waals surface area contributed by atoms with Crippen LogP contribution in [0, 0.1) is 34.0 Å². The zero-order valence-corrected chi connectivity index (χ0v) is 19.4. The number of carboxylic acids is 2. The Labute approximate surface area is 203 Å². The van der Waals surface area contributed by atoms with Crippen molar-refractivity contribution in [1.82, 2.24) is 5.32 Å². The van der Waals surface area contributed by atoms with Crippen LogP contribution in [0.15, 0.2) is 48.5 Å². The largest absolute Gasteiger partial charge is 0.481 e. The highest BCUT2D eigenvalue weighted by molar-refractivity contribution is 5.89. The van der Waals surface area contributed by atoms with Gasteiger partial charge in [0.1, 0.15) is 6.04 Å². The van der Waals surface area contributed by atoms with Gasteiger partial charge in [0.25, 0.3) is 0 Å². The molecule has 7 heteroatoms. The lowest BCUT2D eigenvalue weighted by Crippen LogP contribution is -2.61. The number of hydrogen-bond acceptors (Lipinski definition) is 4. The summed E-state index contributed by atoms with van der Waals surface area (Å²) in [7, 11) is 0. The van der Waals surface area contributed by atoms with Gasteiger partial charge >= 0.3 is 11.9 Å². The first-order chi connectivity index (χ1) is 16.7. The molecule has 2 aromatic rings. The second kappa shape index (κ2) is 8.53. The summed E-state index contributed by atoms with van der Waals surface area (Å²) in [5.41, 5.74) is 1.33. The molecule has 4 saturated carbocycles. The molecule has 6 rings (SSSR count). The number of benzene rings is 2. The minimum absolute atomic E-state index is 0.119. The maximum absolute atomic E-state index is 13.5. The summed E-state index contributed by atoms with van der Waals surface area (Å²) in [5, 5.41) is 31.9. The molecule has 0 radical (unpaired) electrons. The minimum Gasteiger partial charge on any atom is -0.481 e. The van der Waals surface area contributed by atoms with Crippen LogP contribution in [0.1, 0.15) is 49.7 Å². The Bertz CT molecular complexity index is 1210. The number of nitrogens with one attached hydrogen (secondary N) is 1. The fraction of sp³-hybridized carbons (Fsp3) is 0.429. The zero-order valence-electron chi connectivity index (χ0n) is 19.4. The minimum atomic E-state index is -1.12. The average Bonchev–Trinajstić information content (AvgIpc) is 2.83. The van der Waals surface area contributed by atoms with Gasteiger partial charge in [-0.25, -0.2) is 4.79 Å². The molecule has 0 heterocycles. The zero-order chi connectivity index (χ0) is 24.8. The highest BCUT2D eigenvalue weighted by atomic mass is 16.4. The predicted octanol–water partition coefficient (Wildman–Crippen LogP) is 4.01. The third-order valence-corrected chi connectivity index (χ3v) is 8.35. The normalized spacial score (nSPS) is 29.2. The fourth-order valence-electron chi connectivity index (χ4n) is 7.18. The number of nitriles is 1. The highest BCUT2D eigenvalue weighted by Crippen LogP contribution is 2.65. The van der Waals surface area contributed by atoms with Crippen molar-refractivity contribution >= 4 is 17.8 Å². The molecule has 0 spiro atoms. The van der Waals surface area contributed by atoms with Gasteiger partial charge in [0.15, 0.2) is 0 Å². The number of rotatable bonds is 7. The van der Waals surface area contributed by atoms with E-state index in [2.05, 4.69) is 11.4 Å². The number of carboxylic acid groups (broad SMARTS) is 2. The maximum atomic E-state index is 13.5. The molecule has 0 saturated heterocycles. The molecular formula is C28H28N2O5. The Balaban J connectivity index is 1.32. The summed E-state index contributed by atoms with van der Waals surface area (Å²) in [4.78, 5) is 37.7.